The Bertz CT molecular complexity index is 423. The number of hydrogen-bond acceptors (Lipinski definition) is 2. The van der Waals surface area contributed by atoms with Crippen LogP contribution in [0.3, 0.4) is 0 Å². The van der Waals surface area contributed by atoms with Crippen molar-refractivity contribution < 1.29 is 9.59 Å². The molecule has 3 fully saturated rings. The molecule has 3 rings (SSSR count). The Morgan fingerprint density at radius 3 is 2.52 bits per heavy atom. The molecule has 3 aliphatic rings. The Morgan fingerprint density at radius 1 is 1.00 bits per heavy atom. The molecule has 118 valence electrons. The van der Waals surface area contributed by atoms with Gasteiger partial charge in [0.15, 0.2) is 0 Å². The summed E-state index contributed by atoms with van der Waals surface area (Å²) in [5.41, 5.74) is 0. The van der Waals surface area contributed by atoms with Crippen LogP contribution in [-0.2, 0) is 9.59 Å². The van der Waals surface area contributed by atoms with E-state index in [-0.39, 0.29) is 29.9 Å². The maximum Gasteiger partial charge on any atom is 0.246 e. The lowest BCUT2D eigenvalue weighted by molar-refractivity contribution is -0.163. The van der Waals surface area contributed by atoms with E-state index in [1.165, 1.54) is 25.7 Å². The van der Waals surface area contributed by atoms with E-state index in [1.807, 2.05) is 16.7 Å². The van der Waals surface area contributed by atoms with E-state index in [2.05, 4.69) is 6.92 Å². The van der Waals surface area contributed by atoms with Gasteiger partial charge in [-0.3, -0.25) is 9.59 Å². The highest BCUT2D eigenvalue weighted by Crippen LogP contribution is 2.35. The molecule has 4 heteroatoms. The number of fused-ring (bicyclic) bond motifs is 1. The van der Waals surface area contributed by atoms with Crippen molar-refractivity contribution in [1.29, 1.82) is 0 Å². The molecule has 0 aromatic rings. The topological polar surface area (TPSA) is 40.6 Å². The van der Waals surface area contributed by atoms with Gasteiger partial charge < -0.3 is 9.80 Å². The zero-order valence-electron chi connectivity index (χ0n) is 13.4. The molecule has 0 bridgehead atoms. The number of amides is 2. The summed E-state index contributed by atoms with van der Waals surface area (Å²) in [4.78, 5) is 29.6. The quantitative estimate of drug-likeness (QED) is 0.734. The van der Waals surface area contributed by atoms with Gasteiger partial charge in [-0.2, -0.15) is 0 Å². The summed E-state index contributed by atoms with van der Waals surface area (Å²) < 4.78 is 0. The lowest BCUT2D eigenvalue weighted by Crippen LogP contribution is -2.65. The maximum atomic E-state index is 13.0. The summed E-state index contributed by atoms with van der Waals surface area (Å²) in [7, 11) is 0. The highest BCUT2D eigenvalue weighted by molar-refractivity contribution is 5.97. The third kappa shape index (κ3) is 2.47. The molecule has 1 aliphatic carbocycles. The summed E-state index contributed by atoms with van der Waals surface area (Å²) in [5.74, 6) is 0.958. The first-order valence-electron chi connectivity index (χ1n) is 8.77. The minimum atomic E-state index is -0.211. The first-order chi connectivity index (χ1) is 10.1. The van der Waals surface area contributed by atoms with Crippen LogP contribution >= 0.6 is 0 Å². The van der Waals surface area contributed by atoms with E-state index < -0.39 is 0 Å². The smallest absolute Gasteiger partial charge is 0.246 e. The molecule has 4 nitrogen and oxygen atoms in total. The van der Waals surface area contributed by atoms with Crippen molar-refractivity contribution in [3.63, 3.8) is 0 Å². The summed E-state index contributed by atoms with van der Waals surface area (Å²) in [6.45, 7) is 5.09. The average molecular weight is 292 g/mol. The highest BCUT2D eigenvalue weighted by atomic mass is 16.2. The van der Waals surface area contributed by atoms with Gasteiger partial charge in [-0.05, 0) is 38.0 Å². The third-order valence-electron chi connectivity index (χ3n) is 5.76. The Hall–Kier alpha value is -1.06. The lowest BCUT2D eigenvalue weighted by atomic mass is 9.90. The highest BCUT2D eigenvalue weighted by Gasteiger charge is 2.49. The molecule has 0 spiro atoms. The number of rotatable bonds is 2. The second kappa shape index (κ2) is 5.98. The van der Waals surface area contributed by atoms with Gasteiger partial charge >= 0.3 is 0 Å². The lowest BCUT2D eigenvalue weighted by Gasteiger charge is -2.47. The minimum absolute atomic E-state index is 0.157. The van der Waals surface area contributed by atoms with Gasteiger partial charge in [0.05, 0.1) is 0 Å². The first kappa shape index (κ1) is 14.9. The molecule has 1 saturated carbocycles. The van der Waals surface area contributed by atoms with Crippen molar-refractivity contribution in [1.82, 2.24) is 9.80 Å². The molecule has 0 aromatic carbocycles. The zero-order valence-corrected chi connectivity index (χ0v) is 13.4. The van der Waals surface area contributed by atoms with E-state index >= 15 is 0 Å². The van der Waals surface area contributed by atoms with E-state index in [0.717, 1.165) is 32.2 Å². The number of carbonyl (C=O) groups is 2. The van der Waals surface area contributed by atoms with E-state index in [0.29, 0.717) is 5.92 Å². The van der Waals surface area contributed by atoms with Gasteiger partial charge in [-0.1, -0.05) is 33.1 Å². The molecule has 0 radical (unpaired) electrons. The second-order valence-corrected chi connectivity index (χ2v) is 7.04. The maximum absolute atomic E-state index is 13.0. The molecule has 2 heterocycles. The SMILES string of the molecule is CCC1C(=O)N2CCCC2C(=O)N1C1CCCCCC1C. The Kier molecular flexibility index (Phi) is 4.23. The van der Waals surface area contributed by atoms with Crippen molar-refractivity contribution in [2.24, 2.45) is 5.92 Å². The Labute approximate surface area is 127 Å². The molecule has 4 atom stereocenters. The molecule has 21 heavy (non-hydrogen) atoms. The van der Waals surface area contributed by atoms with Gasteiger partial charge in [0.25, 0.3) is 0 Å². The molecule has 2 saturated heterocycles. The van der Waals surface area contributed by atoms with Crippen LogP contribution in [0.2, 0.25) is 0 Å². The van der Waals surface area contributed by atoms with Gasteiger partial charge in [0, 0.05) is 12.6 Å². The Morgan fingerprint density at radius 2 is 1.76 bits per heavy atom. The summed E-state index contributed by atoms with van der Waals surface area (Å²) >= 11 is 0. The fourth-order valence-electron chi connectivity index (χ4n) is 4.58. The largest absolute Gasteiger partial charge is 0.329 e. The van der Waals surface area contributed by atoms with Gasteiger partial charge in [0.2, 0.25) is 11.8 Å². The van der Waals surface area contributed by atoms with Crippen molar-refractivity contribution in [2.45, 2.75) is 83.3 Å². The van der Waals surface area contributed by atoms with Crippen molar-refractivity contribution in [3.05, 3.63) is 0 Å². The van der Waals surface area contributed by atoms with Gasteiger partial charge in [-0.15, -0.1) is 0 Å². The number of hydrogen-bond donors (Lipinski definition) is 0. The van der Waals surface area contributed by atoms with Crippen LogP contribution in [0.15, 0.2) is 0 Å². The van der Waals surface area contributed by atoms with Crippen LogP contribution < -0.4 is 0 Å². The first-order valence-corrected chi connectivity index (χ1v) is 8.77. The third-order valence-corrected chi connectivity index (χ3v) is 5.76. The van der Waals surface area contributed by atoms with Crippen LogP contribution in [0.1, 0.15) is 65.2 Å². The molecular weight excluding hydrogens is 264 g/mol. The summed E-state index contributed by atoms with van der Waals surface area (Å²) in [5, 5.41) is 0. The standard InChI is InChI=1S/C17H28N2O2/c1-3-13-16(20)18-11-7-10-15(18)17(21)19(13)14-9-6-4-5-8-12(14)2/h12-15H,3-11H2,1-2H3. The molecule has 2 aliphatic heterocycles. The minimum Gasteiger partial charge on any atom is -0.329 e. The number of piperazine rings is 1. The van der Waals surface area contributed by atoms with Crippen LogP contribution in [0.4, 0.5) is 0 Å². The fourth-order valence-corrected chi connectivity index (χ4v) is 4.58. The van der Waals surface area contributed by atoms with Gasteiger partial charge in [-0.25, -0.2) is 0 Å². The predicted molar refractivity (Wildman–Crippen MR) is 81.7 cm³/mol. The van der Waals surface area contributed by atoms with Crippen molar-refractivity contribution in [3.8, 4) is 0 Å². The van der Waals surface area contributed by atoms with Gasteiger partial charge in [0.1, 0.15) is 12.1 Å². The molecule has 0 N–H and O–H groups in total. The molecule has 2 amide bonds. The fraction of sp³-hybridized carbons (Fsp3) is 0.882. The number of nitrogens with zero attached hydrogens (tertiary/aromatic N) is 2. The molecule has 0 aromatic heterocycles. The Balaban J connectivity index is 1.90. The molecular formula is C17H28N2O2. The average Bonchev–Trinajstić information content (AvgIpc) is 2.88. The zero-order chi connectivity index (χ0) is 15.0. The summed E-state index contributed by atoms with van der Waals surface area (Å²) in [6, 6.07) is -0.0928. The van der Waals surface area contributed by atoms with Crippen LogP contribution in [-0.4, -0.2) is 46.3 Å². The van der Waals surface area contributed by atoms with Crippen LogP contribution in [0.25, 0.3) is 0 Å². The van der Waals surface area contributed by atoms with Crippen molar-refractivity contribution in [2.75, 3.05) is 6.54 Å². The van der Waals surface area contributed by atoms with Crippen LogP contribution in [0.5, 0.6) is 0 Å². The number of carbonyl (C=O) groups excluding carboxylic acids is 2. The molecule has 4 unspecified atom stereocenters. The summed E-state index contributed by atoms with van der Waals surface area (Å²) in [6.07, 6.45) is 8.57. The normalized spacial score (nSPS) is 37.6. The van der Waals surface area contributed by atoms with E-state index in [9.17, 15) is 9.59 Å². The van der Waals surface area contributed by atoms with E-state index in [1.54, 1.807) is 0 Å². The predicted octanol–water partition coefficient (Wildman–Crippen LogP) is 2.57. The van der Waals surface area contributed by atoms with Crippen LogP contribution in [0, 0.1) is 5.92 Å². The monoisotopic (exact) mass is 292 g/mol. The van der Waals surface area contributed by atoms with Crippen molar-refractivity contribution >= 4 is 11.8 Å². The second-order valence-electron chi connectivity index (χ2n) is 7.04. The van der Waals surface area contributed by atoms with E-state index in [4.69, 9.17) is 0 Å².